The molecule has 0 aliphatic rings. The van der Waals surface area contributed by atoms with Gasteiger partial charge < -0.3 is 20.4 Å². The van der Waals surface area contributed by atoms with Gasteiger partial charge in [0.15, 0.2) is 5.96 Å². The number of amides is 1. The van der Waals surface area contributed by atoms with Crippen molar-refractivity contribution in [1.82, 2.24) is 15.5 Å². The lowest BCUT2D eigenvalue weighted by Crippen LogP contribution is -2.38. The van der Waals surface area contributed by atoms with E-state index in [1.165, 1.54) is 5.69 Å². The SMILES string of the molecule is CCNC(=NCc1ccc(C(=O)N(C)C)cc1)NCCCCN(C)c1ccccc1. The average molecular weight is 410 g/mol. The van der Waals surface area contributed by atoms with E-state index in [0.717, 1.165) is 44.0 Å². The molecule has 0 aromatic heterocycles. The van der Waals surface area contributed by atoms with Gasteiger partial charge in [0, 0.05) is 52.0 Å². The lowest BCUT2D eigenvalue weighted by molar-refractivity contribution is 0.0827. The van der Waals surface area contributed by atoms with Crippen molar-refractivity contribution in [2.75, 3.05) is 45.7 Å². The van der Waals surface area contributed by atoms with E-state index >= 15 is 0 Å². The zero-order chi connectivity index (χ0) is 21.8. The third-order valence-corrected chi connectivity index (χ3v) is 4.78. The molecule has 0 aliphatic heterocycles. The minimum absolute atomic E-state index is 0.0120. The van der Waals surface area contributed by atoms with Crippen molar-refractivity contribution >= 4 is 17.6 Å². The maximum Gasteiger partial charge on any atom is 0.253 e. The number of unbranched alkanes of at least 4 members (excludes halogenated alkanes) is 1. The number of nitrogens with zero attached hydrogens (tertiary/aromatic N) is 3. The van der Waals surface area contributed by atoms with Crippen LogP contribution in [0.4, 0.5) is 5.69 Å². The quantitative estimate of drug-likeness (QED) is 0.359. The first-order chi connectivity index (χ1) is 14.5. The van der Waals surface area contributed by atoms with Gasteiger partial charge in [0.25, 0.3) is 5.91 Å². The molecule has 0 heterocycles. The number of carbonyl (C=O) groups is 1. The van der Waals surface area contributed by atoms with Crippen molar-refractivity contribution in [3.63, 3.8) is 0 Å². The van der Waals surface area contributed by atoms with Crippen molar-refractivity contribution in [3.8, 4) is 0 Å². The molecule has 0 unspecified atom stereocenters. The highest BCUT2D eigenvalue weighted by molar-refractivity contribution is 5.93. The number of benzene rings is 2. The standard InChI is InChI=1S/C24H35N5O/c1-5-25-24(26-17-9-10-18-29(4)22-11-7-6-8-12-22)27-19-20-13-15-21(16-14-20)23(30)28(2)3/h6-8,11-16H,5,9-10,17-19H2,1-4H3,(H2,25,26,27). The largest absolute Gasteiger partial charge is 0.375 e. The third-order valence-electron chi connectivity index (χ3n) is 4.78. The highest BCUT2D eigenvalue weighted by atomic mass is 16.2. The molecule has 0 bridgehead atoms. The molecule has 0 spiro atoms. The van der Waals surface area contributed by atoms with Crippen LogP contribution in [0.5, 0.6) is 0 Å². The molecular weight excluding hydrogens is 374 g/mol. The Morgan fingerprint density at radius 2 is 1.63 bits per heavy atom. The first-order valence-corrected chi connectivity index (χ1v) is 10.6. The number of hydrogen-bond donors (Lipinski definition) is 2. The van der Waals surface area contributed by atoms with Crippen LogP contribution >= 0.6 is 0 Å². The summed E-state index contributed by atoms with van der Waals surface area (Å²) in [6.45, 7) is 5.36. The van der Waals surface area contributed by atoms with Gasteiger partial charge in [-0.25, -0.2) is 4.99 Å². The lowest BCUT2D eigenvalue weighted by atomic mass is 10.1. The van der Waals surface area contributed by atoms with Gasteiger partial charge in [0.1, 0.15) is 0 Å². The second-order valence-electron chi connectivity index (χ2n) is 7.48. The number of carbonyl (C=O) groups excluding carboxylic acids is 1. The van der Waals surface area contributed by atoms with Gasteiger partial charge in [-0.05, 0) is 49.6 Å². The fourth-order valence-corrected chi connectivity index (χ4v) is 3.02. The number of hydrogen-bond acceptors (Lipinski definition) is 3. The molecule has 2 N–H and O–H groups in total. The van der Waals surface area contributed by atoms with Gasteiger partial charge in [-0.3, -0.25) is 4.79 Å². The Hall–Kier alpha value is -3.02. The summed E-state index contributed by atoms with van der Waals surface area (Å²) < 4.78 is 0. The van der Waals surface area contributed by atoms with Crippen LogP contribution in [0.15, 0.2) is 59.6 Å². The first kappa shape index (κ1) is 23.3. The Balaban J connectivity index is 1.76. The molecule has 30 heavy (non-hydrogen) atoms. The molecule has 0 saturated carbocycles. The van der Waals surface area contributed by atoms with E-state index in [0.29, 0.717) is 12.1 Å². The van der Waals surface area contributed by atoms with Gasteiger partial charge in [0.2, 0.25) is 0 Å². The Morgan fingerprint density at radius 3 is 2.27 bits per heavy atom. The number of aliphatic imine (C=N–C) groups is 1. The number of rotatable bonds is 10. The third kappa shape index (κ3) is 7.78. The van der Waals surface area contributed by atoms with Crippen molar-refractivity contribution < 1.29 is 4.79 Å². The lowest BCUT2D eigenvalue weighted by Gasteiger charge is -2.19. The van der Waals surface area contributed by atoms with Gasteiger partial charge in [0.05, 0.1) is 6.54 Å². The molecule has 162 valence electrons. The van der Waals surface area contributed by atoms with E-state index in [2.05, 4.69) is 58.8 Å². The normalized spacial score (nSPS) is 11.1. The summed E-state index contributed by atoms with van der Waals surface area (Å²) in [5.41, 5.74) is 3.02. The van der Waals surface area contributed by atoms with E-state index in [1.807, 2.05) is 30.3 Å². The fraction of sp³-hybridized carbons (Fsp3) is 0.417. The van der Waals surface area contributed by atoms with Crippen LogP contribution < -0.4 is 15.5 Å². The summed E-state index contributed by atoms with van der Waals surface area (Å²) in [5.74, 6) is 0.834. The van der Waals surface area contributed by atoms with Crippen LogP contribution in [0, 0.1) is 0 Å². The van der Waals surface area contributed by atoms with Crippen molar-refractivity contribution in [2.45, 2.75) is 26.3 Å². The second-order valence-corrected chi connectivity index (χ2v) is 7.48. The zero-order valence-electron chi connectivity index (χ0n) is 18.7. The Bertz CT molecular complexity index is 787. The summed E-state index contributed by atoms with van der Waals surface area (Å²) in [5, 5.41) is 6.70. The Kier molecular flexibility index (Phi) is 9.71. The molecule has 0 aliphatic carbocycles. The summed E-state index contributed by atoms with van der Waals surface area (Å²) in [6, 6.07) is 18.1. The van der Waals surface area contributed by atoms with Crippen molar-refractivity contribution in [2.24, 2.45) is 4.99 Å². The van der Waals surface area contributed by atoms with Gasteiger partial charge in [-0.1, -0.05) is 30.3 Å². The van der Waals surface area contributed by atoms with E-state index in [4.69, 9.17) is 0 Å². The number of para-hydroxylation sites is 1. The fourth-order valence-electron chi connectivity index (χ4n) is 3.02. The van der Waals surface area contributed by atoms with Crippen molar-refractivity contribution in [1.29, 1.82) is 0 Å². The minimum Gasteiger partial charge on any atom is -0.375 e. The molecular formula is C24H35N5O. The van der Waals surface area contributed by atoms with Crippen molar-refractivity contribution in [3.05, 3.63) is 65.7 Å². The molecule has 6 nitrogen and oxygen atoms in total. The molecule has 0 atom stereocenters. The number of guanidine groups is 1. The Morgan fingerprint density at radius 1 is 0.933 bits per heavy atom. The second kappa shape index (κ2) is 12.5. The number of nitrogens with one attached hydrogen (secondary N) is 2. The summed E-state index contributed by atoms with van der Waals surface area (Å²) in [7, 11) is 5.65. The molecule has 0 saturated heterocycles. The summed E-state index contributed by atoms with van der Waals surface area (Å²) in [4.78, 5) is 20.5. The summed E-state index contributed by atoms with van der Waals surface area (Å²) in [6.07, 6.45) is 2.18. The van der Waals surface area contributed by atoms with Gasteiger partial charge in [-0.2, -0.15) is 0 Å². The van der Waals surface area contributed by atoms with Crippen LogP contribution in [0.3, 0.4) is 0 Å². The summed E-state index contributed by atoms with van der Waals surface area (Å²) >= 11 is 0. The predicted molar refractivity (Wildman–Crippen MR) is 126 cm³/mol. The van der Waals surface area contributed by atoms with E-state index in [1.54, 1.807) is 19.0 Å². The maximum absolute atomic E-state index is 12.0. The Labute approximate surface area is 181 Å². The van der Waals surface area contributed by atoms with Crippen LogP contribution in [0.2, 0.25) is 0 Å². The minimum atomic E-state index is 0.0120. The smallest absolute Gasteiger partial charge is 0.253 e. The molecule has 2 rings (SSSR count). The monoisotopic (exact) mass is 409 g/mol. The molecule has 0 fully saturated rings. The molecule has 6 heteroatoms. The van der Waals surface area contributed by atoms with Crippen LogP contribution in [0.25, 0.3) is 0 Å². The predicted octanol–water partition coefficient (Wildman–Crippen LogP) is 3.36. The van der Waals surface area contributed by atoms with E-state index in [-0.39, 0.29) is 5.91 Å². The maximum atomic E-state index is 12.0. The zero-order valence-corrected chi connectivity index (χ0v) is 18.7. The molecule has 0 radical (unpaired) electrons. The van der Waals surface area contributed by atoms with Gasteiger partial charge in [-0.15, -0.1) is 0 Å². The van der Waals surface area contributed by atoms with Crippen LogP contribution in [0.1, 0.15) is 35.7 Å². The molecule has 2 aromatic rings. The van der Waals surface area contributed by atoms with Crippen LogP contribution in [-0.2, 0) is 6.54 Å². The van der Waals surface area contributed by atoms with E-state index < -0.39 is 0 Å². The first-order valence-electron chi connectivity index (χ1n) is 10.6. The van der Waals surface area contributed by atoms with E-state index in [9.17, 15) is 4.79 Å². The van der Waals surface area contributed by atoms with Gasteiger partial charge >= 0.3 is 0 Å². The molecule has 2 aromatic carbocycles. The topological polar surface area (TPSA) is 60.0 Å². The number of anilines is 1. The average Bonchev–Trinajstić information content (AvgIpc) is 2.77. The molecule has 1 amide bonds. The highest BCUT2D eigenvalue weighted by Gasteiger charge is 2.07. The highest BCUT2D eigenvalue weighted by Crippen LogP contribution is 2.11. The van der Waals surface area contributed by atoms with Crippen LogP contribution in [-0.4, -0.2) is 57.5 Å².